The van der Waals surface area contributed by atoms with Crippen LogP contribution in [-0.4, -0.2) is 42.4 Å². The van der Waals surface area contributed by atoms with Crippen molar-refractivity contribution in [3.8, 4) is 0 Å². The quantitative estimate of drug-likeness (QED) is 0.853. The summed E-state index contributed by atoms with van der Waals surface area (Å²) in [5.74, 6) is 0.347. The largest absolute Gasteiger partial charge is 0.343 e. The minimum atomic E-state index is -0.263. The number of nitrogens with zero attached hydrogens (tertiary/aromatic N) is 2. The zero-order valence-corrected chi connectivity index (χ0v) is 12.7. The van der Waals surface area contributed by atoms with Gasteiger partial charge in [0.05, 0.1) is 0 Å². The first-order valence-corrected chi connectivity index (χ1v) is 7.21. The maximum atomic E-state index is 13.7. The molecule has 1 aliphatic heterocycles. The second-order valence-electron chi connectivity index (χ2n) is 5.55. The lowest BCUT2D eigenvalue weighted by atomic mass is 10.1. The Morgan fingerprint density at radius 2 is 2.30 bits per heavy atom. The van der Waals surface area contributed by atoms with Gasteiger partial charge in [-0.05, 0) is 31.5 Å². The Bertz CT molecular complexity index is 495. The van der Waals surface area contributed by atoms with Crippen LogP contribution < -0.4 is 0 Å². The minimum Gasteiger partial charge on any atom is -0.343 e. The van der Waals surface area contributed by atoms with Crippen molar-refractivity contribution in [1.82, 2.24) is 9.80 Å². The maximum absolute atomic E-state index is 13.7. The van der Waals surface area contributed by atoms with Gasteiger partial charge >= 0.3 is 0 Å². The molecule has 3 nitrogen and oxygen atoms in total. The molecule has 1 fully saturated rings. The molecular weight excluding hydrogens is 279 g/mol. The van der Waals surface area contributed by atoms with Crippen molar-refractivity contribution in [3.05, 3.63) is 34.6 Å². The summed E-state index contributed by atoms with van der Waals surface area (Å²) in [6.07, 6.45) is 1.02. The monoisotopic (exact) mass is 298 g/mol. The summed E-state index contributed by atoms with van der Waals surface area (Å²) in [5.41, 5.74) is 0.651. The van der Waals surface area contributed by atoms with E-state index in [0.29, 0.717) is 23.0 Å². The van der Waals surface area contributed by atoms with E-state index in [-0.39, 0.29) is 11.7 Å². The van der Waals surface area contributed by atoms with Crippen LogP contribution in [0.25, 0.3) is 0 Å². The van der Waals surface area contributed by atoms with Crippen LogP contribution in [0, 0.1) is 11.7 Å². The maximum Gasteiger partial charge on any atom is 0.219 e. The molecule has 0 saturated carbocycles. The molecule has 0 N–H and O–H groups in total. The van der Waals surface area contributed by atoms with Gasteiger partial charge in [-0.3, -0.25) is 4.79 Å². The minimum absolute atomic E-state index is 0.138. The number of halogens is 2. The molecular formula is C15H20ClFN2O. The summed E-state index contributed by atoms with van der Waals surface area (Å²) in [4.78, 5) is 15.3. The molecule has 1 aliphatic rings. The number of carbonyl (C=O) groups excluding carboxylic acids is 1. The topological polar surface area (TPSA) is 23.6 Å². The van der Waals surface area contributed by atoms with Crippen molar-refractivity contribution in [2.45, 2.75) is 19.9 Å². The molecule has 0 unspecified atom stereocenters. The number of hydrogen-bond acceptors (Lipinski definition) is 2. The van der Waals surface area contributed by atoms with Gasteiger partial charge in [-0.2, -0.15) is 0 Å². The summed E-state index contributed by atoms with van der Waals surface area (Å²) in [5, 5.41) is 0.418. The van der Waals surface area contributed by atoms with Crippen LogP contribution in [0.3, 0.4) is 0 Å². The van der Waals surface area contributed by atoms with Crippen molar-refractivity contribution in [3.63, 3.8) is 0 Å². The highest BCUT2D eigenvalue weighted by Crippen LogP contribution is 2.19. The Morgan fingerprint density at radius 1 is 1.55 bits per heavy atom. The Balaban J connectivity index is 1.87. The zero-order chi connectivity index (χ0) is 14.7. The molecule has 1 saturated heterocycles. The fourth-order valence-electron chi connectivity index (χ4n) is 2.71. The molecule has 1 amide bonds. The van der Waals surface area contributed by atoms with E-state index in [4.69, 9.17) is 11.6 Å². The van der Waals surface area contributed by atoms with Crippen LogP contribution in [-0.2, 0) is 11.3 Å². The van der Waals surface area contributed by atoms with Crippen LogP contribution in [0.5, 0.6) is 0 Å². The number of amides is 1. The van der Waals surface area contributed by atoms with Crippen molar-refractivity contribution in [2.24, 2.45) is 5.92 Å². The Kier molecular flexibility index (Phi) is 5.00. The molecule has 5 heteroatoms. The van der Waals surface area contributed by atoms with Gasteiger partial charge in [-0.1, -0.05) is 17.7 Å². The van der Waals surface area contributed by atoms with Crippen LogP contribution in [0.15, 0.2) is 18.2 Å². The lowest BCUT2D eigenvalue weighted by Crippen LogP contribution is -2.30. The molecule has 1 aromatic carbocycles. The predicted molar refractivity (Wildman–Crippen MR) is 78.1 cm³/mol. The molecule has 1 atom stereocenters. The van der Waals surface area contributed by atoms with Gasteiger partial charge in [0, 0.05) is 43.7 Å². The first-order valence-electron chi connectivity index (χ1n) is 6.83. The summed E-state index contributed by atoms with van der Waals surface area (Å²) in [6.45, 7) is 4.67. The van der Waals surface area contributed by atoms with Gasteiger partial charge in [0.25, 0.3) is 0 Å². The molecule has 2 rings (SSSR count). The average Bonchev–Trinajstić information content (AvgIpc) is 2.81. The summed E-state index contributed by atoms with van der Waals surface area (Å²) in [7, 11) is 1.98. The standard InChI is InChI=1S/C15H20ClFN2O/c1-11(20)19-6-5-12(9-19)8-18(2)10-13-3-4-14(16)7-15(13)17/h3-4,7,12H,5-6,8-10H2,1-2H3/t12-/m0/s1. The van der Waals surface area contributed by atoms with Crippen molar-refractivity contribution >= 4 is 17.5 Å². The van der Waals surface area contributed by atoms with Gasteiger partial charge in [0.15, 0.2) is 0 Å². The van der Waals surface area contributed by atoms with Gasteiger partial charge < -0.3 is 9.80 Å². The summed E-state index contributed by atoms with van der Waals surface area (Å²) >= 11 is 5.75. The van der Waals surface area contributed by atoms with Gasteiger partial charge in [0.1, 0.15) is 5.82 Å². The third-order valence-electron chi connectivity index (χ3n) is 3.76. The molecule has 0 spiro atoms. The van der Waals surface area contributed by atoms with Crippen LogP contribution in [0.1, 0.15) is 18.9 Å². The van der Waals surface area contributed by atoms with Crippen molar-refractivity contribution < 1.29 is 9.18 Å². The molecule has 1 aromatic rings. The number of benzene rings is 1. The molecule has 0 radical (unpaired) electrons. The molecule has 110 valence electrons. The molecule has 0 aromatic heterocycles. The Morgan fingerprint density at radius 3 is 2.90 bits per heavy atom. The number of hydrogen-bond donors (Lipinski definition) is 0. The van der Waals surface area contributed by atoms with E-state index in [0.717, 1.165) is 26.1 Å². The fourth-order valence-corrected chi connectivity index (χ4v) is 2.87. The van der Waals surface area contributed by atoms with Crippen LogP contribution >= 0.6 is 11.6 Å². The second kappa shape index (κ2) is 6.55. The Labute approximate surface area is 124 Å². The van der Waals surface area contributed by atoms with E-state index in [1.165, 1.54) is 6.07 Å². The van der Waals surface area contributed by atoms with E-state index in [2.05, 4.69) is 4.90 Å². The average molecular weight is 299 g/mol. The first-order chi connectivity index (χ1) is 9.45. The predicted octanol–water partition coefficient (Wildman–Crippen LogP) is 2.78. The third-order valence-corrected chi connectivity index (χ3v) is 3.99. The third kappa shape index (κ3) is 3.93. The van der Waals surface area contributed by atoms with E-state index in [1.54, 1.807) is 19.1 Å². The highest BCUT2D eigenvalue weighted by atomic mass is 35.5. The van der Waals surface area contributed by atoms with Crippen molar-refractivity contribution in [1.29, 1.82) is 0 Å². The number of rotatable bonds is 4. The van der Waals surface area contributed by atoms with E-state index in [9.17, 15) is 9.18 Å². The van der Waals surface area contributed by atoms with E-state index >= 15 is 0 Å². The summed E-state index contributed by atoms with van der Waals surface area (Å²) < 4.78 is 13.7. The molecule has 0 aliphatic carbocycles. The van der Waals surface area contributed by atoms with Gasteiger partial charge in [-0.15, -0.1) is 0 Å². The Hall–Kier alpha value is -1.13. The smallest absolute Gasteiger partial charge is 0.219 e. The summed E-state index contributed by atoms with van der Waals surface area (Å²) in [6, 6.07) is 4.78. The highest BCUT2D eigenvalue weighted by Gasteiger charge is 2.25. The van der Waals surface area contributed by atoms with Crippen molar-refractivity contribution in [2.75, 3.05) is 26.7 Å². The highest BCUT2D eigenvalue weighted by molar-refractivity contribution is 6.30. The van der Waals surface area contributed by atoms with Gasteiger partial charge in [0.2, 0.25) is 5.91 Å². The second-order valence-corrected chi connectivity index (χ2v) is 5.99. The van der Waals surface area contributed by atoms with E-state index < -0.39 is 0 Å². The molecule has 1 heterocycles. The lowest BCUT2D eigenvalue weighted by molar-refractivity contribution is -0.127. The fraction of sp³-hybridized carbons (Fsp3) is 0.533. The number of carbonyl (C=O) groups is 1. The van der Waals surface area contributed by atoms with Crippen LogP contribution in [0.4, 0.5) is 4.39 Å². The SMILES string of the molecule is CC(=O)N1CC[C@@H](CN(C)Cc2ccc(Cl)cc2F)C1. The normalized spacial score (nSPS) is 18.9. The zero-order valence-electron chi connectivity index (χ0n) is 11.9. The van der Waals surface area contributed by atoms with Gasteiger partial charge in [-0.25, -0.2) is 4.39 Å². The van der Waals surface area contributed by atoms with Crippen LogP contribution in [0.2, 0.25) is 5.02 Å². The lowest BCUT2D eigenvalue weighted by Gasteiger charge is -2.21. The molecule has 20 heavy (non-hydrogen) atoms. The van der Waals surface area contributed by atoms with E-state index in [1.807, 2.05) is 11.9 Å². The first kappa shape index (κ1) is 15.3. The molecule has 0 bridgehead atoms. The number of likely N-dealkylation sites (tertiary alicyclic amines) is 1.